The minimum absolute atomic E-state index is 0.0723. The summed E-state index contributed by atoms with van der Waals surface area (Å²) in [4.78, 5) is 12.6. The number of hydrogen-bond donors (Lipinski definition) is 1. The van der Waals surface area contributed by atoms with Crippen molar-refractivity contribution in [2.24, 2.45) is 5.92 Å². The molecule has 1 aliphatic heterocycles. The van der Waals surface area contributed by atoms with Gasteiger partial charge in [0, 0.05) is 13.1 Å². The summed E-state index contributed by atoms with van der Waals surface area (Å²) in [5.41, 5.74) is 2.01. The third kappa shape index (κ3) is 4.73. The Morgan fingerprint density at radius 2 is 2.16 bits per heavy atom. The molecule has 1 saturated heterocycles. The van der Waals surface area contributed by atoms with Crippen LogP contribution in [-0.4, -0.2) is 44.6 Å². The second-order valence-electron chi connectivity index (χ2n) is 6.56. The summed E-state index contributed by atoms with van der Waals surface area (Å²) >= 11 is 0. The molecule has 1 N–H and O–H groups in total. The van der Waals surface area contributed by atoms with E-state index in [4.69, 9.17) is 4.74 Å². The van der Waals surface area contributed by atoms with E-state index in [1.807, 2.05) is 32.0 Å². The van der Waals surface area contributed by atoms with E-state index in [1.54, 1.807) is 14.0 Å². The summed E-state index contributed by atoms with van der Waals surface area (Å²) in [5, 5.41) is 3.02. The molecule has 2 atom stereocenters. The average Bonchev–Trinajstić information content (AvgIpc) is 2.61. The highest BCUT2D eigenvalue weighted by molar-refractivity contribution is 7.89. The second kappa shape index (κ2) is 8.19. The van der Waals surface area contributed by atoms with Crippen molar-refractivity contribution in [3.63, 3.8) is 0 Å². The Morgan fingerprint density at radius 3 is 2.76 bits per heavy atom. The quantitative estimate of drug-likeness (QED) is 0.835. The maximum Gasteiger partial charge on any atom is 0.224 e. The number of methoxy groups -OCH3 is 1. The Balaban J connectivity index is 2.02. The lowest BCUT2D eigenvalue weighted by Crippen LogP contribution is -2.46. The molecule has 1 fully saturated rings. The molecule has 0 aliphatic carbocycles. The van der Waals surface area contributed by atoms with E-state index in [0.29, 0.717) is 13.0 Å². The topological polar surface area (TPSA) is 75.7 Å². The molecule has 0 bridgehead atoms. The van der Waals surface area contributed by atoms with Crippen molar-refractivity contribution in [1.29, 1.82) is 0 Å². The molecule has 6 nitrogen and oxygen atoms in total. The molecule has 1 aliphatic rings. The van der Waals surface area contributed by atoms with Crippen LogP contribution in [0.1, 0.15) is 43.9 Å². The molecule has 2 rings (SSSR count). The number of nitrogens with one attached hydrogen (secondary N) is 1. The van der Waals surface area contributed by atoms with E-state index in [1.165, 1.54) is 4.31 Å². The van der Waals surface area contributed by atoms with Crippen molar-refractivity contribution in [1.82, 2.24) is 9.62 Å². The van der Waals surface area contributed by atoms with Gasteiger partial charge in [0.25, 0.3) is 0 Å². The van der Waals surface area contributed by atoms with Crippen LogP contribution in [0.15, 0.2) is 18.2 Å². The lowest BCUT2D eigenvalue weighted by molar-refractivity contribution is -0.126. The Hall–Kier alpha value is -1.60. The largest absolute Gasteiger partial charge is 0.496 e. The lowest BCUT2D eigenvalue weighted by Gasteiger charge is -2.31. The van der Waals surface area contributed by atoms with Gasteiger partial charge in [-0.3, -0.25) is 4.79 Å². The summed E-state index contributed by atoms with van der Waals surface area (Å²) in [5.74, 6) is 0.506. The first-order valence-electron chi connectivity index (χ1n) is 8.71. The van der Waals surface area contributed by atoms with E-state index < -0.39 is 10.0 Å². The fourth-order valence-electron chi connectivity index (χ4n) is 3.18. The molecule has 1 amide bonds. The normalized spacial score (nSPS) is 20.1. The Kier molecular flexibility index (Phi) is 6.46. The summed E-state index contributed by atoms with van der Waals surface area (Å²) in [6.07, 6.45) is 1.43. The fraction of sp³-hybridized carbons (Fsp3) is 0.611. The molecule has 7 heteroatoms. The maximum atomic E-state index is 12.6. The Labute approximate surface area is 150 Å². The van der Waals surface area contributed by atoms with Crippen molar-refractivity contribution in [3.8, 4) is 5.75 Å². The molecule has 0 radical (unpaired) electrons. The monoisotopic (exact) mass is 368 g/mol. The summed E-state index contributed by atoms with van der Waals surface area (Å²) in [6.45, 7) is 6.31. The highest BCUT2D eigenvalue weighted by Gasteiger charge is 2.31. The van der Waals surface area contributed by atoms with Crippen LogP contribution >= 0.6 is 0 Å². The molecule has 0 saturated carbocycles. The first-order valence-corrected chi connectivity index (χ1v) is 10.3. The number of nitrogens with zero attached hydrogens (tertiary/aromatic N) is 1. The highest BCUT2D eigenvalue weighted by atomic mass is 32.2. The third-order valence-electron chi connectivity index (χ3n) is 4.79. The van der Waals surface area contributed by atoms with Gasteiger partial charge in [0.1, 0.15) is 5.75 Å². The minimum Gasteiger partial charge on any atom is -0.496 e. The molecule has 0 spiro atoms. The fourth-order valence-corrected chi connectivity index (χ4v) is 4.36. The predicted molar refractivity (Wildman–Crippen MR) is 98.0 cm³/mol. The van der Waals surface area contributed by atoms with Gasteiger partial charge in [-0.15, -0.1) is 0 Å². The highest BCUT2D eigenvalue weighted by Crippen LogP contribution is 2.24. The van der Waals surface area contributed by atoms with Gasteiger partial charge in [-0.25, -0.2) is 12.7 Å². The third-order valence-corrected chi connectivity index (χ3v) is 6.64. The van der Waals surface area contributed by atoms with Crippen LogP contribution in [-0.2, 0) is 14.8 Å². The number of carbonyl (C=O) groups excluding carboxylic acids is 1. The zero-order chi connectivity index (χ0) is 18.6. The van der Waals surface area contributed by atoms with Crippen molar-refractivity contribution in [2.75, 3.05) is 26.0 Å². The van der Waals surface area contributed by atoms with Gasteiger partial charge in [0.2, 0.25) is 15.9 Å². The minimum atomic E-state index is -3.24. The first-order chi connectivity index (χ1) is 11.8. The molecule has 140 valence electrons. The Morgan fingerprint density at radius 1 is 1.44 bits per heavy atom. The van der Waals surface area contributed by atoms with E-state index >= 15 is 0 Å². The van der Waals surface area contributed by atoms with Crippen molar-refractivity contribution < 1.29 is 17.9 Å². The van der Waals surface area contributed by atoms with Gasteiger partial charge in [-0.05, 0) is 50.8 Å². The van der Waals surface area contributed by atoms with Crippen molar-refractivity contribution in [3.05, 3.63) is 29.3 Å². The number of rotatable bonds is 6. The molecule has 1 aromatic rings. The SMILES string of the molecule is CCS(=O)(=O)N1CCCC(C(=O)NC(C)c2ccc(OC)c(C)c2)C1. The second-order valence-corrected chi connectivity index (χ2v) is 8.81. The van der Waals surface area contributed by atoms with Crippen LogP contribution in [0.25, 0.3) is 0 Å². The number of sulfonamides is 1. The van der Waals surface area contributed by atoms with Gasteiger partial charge in [0.15, 0.2) is 0 Å². The summed E-state index contributed by atoms with van der Waals surface area (Å²) < 4.78 is 30.8. The number of hydrogen-bond acceptors (Lipinski definition) is 4. The molecular weight excluding hydrogens is 340 g/mol. The predicted octanol–water partition coefficient (Wildman–Crippen LogP) is 2.24. The zero-order valence-electron chi connectivity index (χ0n) is 15.4. The van der Waals surface area contributed by atoms with Crippen LogP contribution in [0.2, 0.25) is 0 Å². The van der Waals surface area contributed by atoms with Crippen LogP contribution in [0, 0.1) is 12.8 Å². The van der Waals surface area contributed by atoms with Gasteiger partial charge < -0.3 is 10.1 Å². The number of benzene rings is 1. The summed E-state index contributed by atoms with van der Waals surface area (Å²) in [7, 11) is -1.61. The number of amides is 1. The summed E-state index contributed by atoms with van der Waals surface area (Å²) in [6, 6.07) is 5.68. The van der Waals surface area contributed by atoms with E-state index in [2.05, 4.69) is 5.32 Å². The van der Waals surface area contributed by atoms with Gasteiger partial charge >= 0.3 is 0 Å². The van der Waals surface area contributed by atoms with Crippen LogP contribution in [0.3, 0.4) is 0 Å². The van der Waals surface area contributed by atoms with Gasteiger partial charge in [-0.2, -0.15) is 0 Å². The Bertz CT molecular complexity index is 718. The number of carbonyl (C=O) groups is 1. The maximum absolute atomic E-state index is 12.6. The van der Waals surface area contributed by atoms with Gasteiger partial charge in [-0.1, -0.05) is 12.1 Å². The number of aryl methyl sites for hydroxylation is 1. The van der Waals surface area contributed by atoms with E-state index in [-0.39, 0.29) is 30.2 Å². The first kappa shape index (κ1) is 19.7. The van der Waals surface area contributed by atoms with Crippen molar-refractivity contribution in [2.45, 2.75) is 39.7 Å². The molecule has 0 aromatic heterocycles. The zero-order valence-corrected chi connectivity index (χ0v) is 16.2. The smallest absolute Gasteiger partial charge is 0.224 e. The lowest BCUT2D eigenvalue weighted by atomic mass is 9.97. The van der Waals surface area contributed by atoms with E-state index in [0.717, 1.165) is 23.3 Å². The molecule has 2 unspecified atom stereocenters. The average molecular weight is 368 g/mol. The molecule has 1 heterocycles. The van der Waals surface area contributed by atoms with Gasteiger partial charge in [0.05, 0.1) is 24.8 Å². The van der Waals surface area contributed by atoms with Crippen LogP contribution < -0.4 is 10.1 Å². The molecular formula is C18H28N2O4S. The standard InChI is InChI=1S/C18H28N2O4S/c1-5-25(22,23)20-10-6-7-16(12-20)18(21)19-14(3)15-8-9-17(24-4)13(2)11-15/h8-9,11,14,16H,5-7,10,12H2,1-4H3,(H,19,21). The molecule has 1 aromatic carbocycles. The van der Waals surface area contributed by atoms with Crippen molar-refractivity contribution >= 4 is 15.9 Å². The van der Waals surface area contributed by atoms with Crippen LogP contribution in [0.4, 0.5) is 0 Å². The van der Waals surface area contributed by atoms with E-state index in [9.17, 15) is 13.2 Å². The number of ether oxygens (including phenoxy) is 1. The molecule has 25 heavy (non-hydrogen) atoms. The van der Waals surface area contributed by atoms with Crippen LogP contribution in [0.5, 0.6) is 5.75 Å². The number of piperidine rings is 1.